The van der Waals surface area contributed by atoms with E-state index in [1.54, 1.807) is 28.9 Å². The molecule has 1 aliphatic rings. The van der Waals surface area contributed by atoms with Gasteiger partial charge in [-0.05, 0) is 30.3 Å². The van der Waals surface area contributed by atoms with Crippen LogP contribution < -0.4 is 10.1 Å². The Morgan fingerprint density at radius 1 is 1.21 bits per heavy atom. The summed E-state index contributed by atoms with van der Waals surface area (Å²) in [4.78, 5) is 16.9. The lowest BCUT2D eigenvalue weighted by Crippen LogP contribution is -2.40. The summed E-state index contributed by atoms with van der Waals surface area (Å²) in [6.45, 7) is 1.21. The van der Waals surface area contributed by atoms with Crippen molar-refractivity contribution in [2.45, 2.75) is 4.90 Å². The second-order valence-corrected chi connectivity index (χ2v) is 8.33. The molecule has 1 N–H and O–H groups in total. The summed E-state index contributed by atoms with van der Waals surface area (Å²) in [7, 11) is -2.39. The molecule has 0 saturated carbocycles. The van der Waals surface area contributed by atoms with Gasteiger partial charge in [-0.15, -0.1) is 0 Å². The zero-order valence-electron chi connectivity index (χ0n) is 15.7. The summed E-state index contributed by atoms with van der Waals surface area (Å²) in [5, 5.41) is 2.71. The first kappa shape index (κ1) is 19.4. The van der Waals surface area contributed by atoms with E-state index in [1.165, 1.54) is 23.5 Å². The Labute approximate surface area is 167 Å². The van der Waals surface area contributed by atoms with E-state index in [0.29, 0.717) is 24.5 Å². The zero-order chi connectivity index (χ0) is 20.4. The molecular weight excluding hydrogens is 396 g/mol. The molecule has 9 nitrogen and oxygen atoms in total. The average molecular weight is 416 g/mol. The van der Waals surface area contributed by atoms with Gasteiger partial charge in [-0.25, -0.2) is 13.4 Å². The van der Waals surface area contributed by atoms with Crippen molar-refractivity contribution in [1.82, 2.24) is 13.7 Å². The van der Waals surface area contributed by atoms with E-state index in [2.05, 4.69) is 10.3 Å². The number of carbonyl (C=O) groups excluding carboxylic acids is 1. The van der Waals surface area contributed by atoms with Crippen LogP contribution in [-0.4, -0.2) is 61.4 Å². The summed E-state index contributed by atoms with van der Waals surface area (Å²) >= 11 is 0. The van der Waals surface area contributed by atoms with Gasteiger partial charge in [-0.2, -0.15) is 4.31 Å². The standard InChI is InChI=1S/C19H20N4O5S/c1-27-16-6-5-14(12-17(16)29(25,26)23-8-10-28-11-9-23)20-19(24)15-13-22-7-3-2-4-18(22)21-15/h2-7,12-13H,8-11H2,1H3,(H,20,24). The number of rotatable bonds is 5. The molecule has 4 rings (SSSR count). The van der Waals surface area contributed by atoms with Crippen LogP contribution in [0.4, 0.5) is 5.69 Å². The predicted octanol–water partition coefficient (Wildman–Crippen LogP) is 1.62. The number of aromatic nitrogens is 2. The summed E-state index contributed by atoms with van der Waals surface area (Å²) in [6.07, 6.45) is 3.40. The largest absolute Gasteiger partial charge is 0.495 e. The molecule has 0 radical (unpaired) electrons. The number of hydrogen-bond acceptors (Lipinski definition) is 6. The van der Waals surface area contributed by atoms with Crippen molar-refractivity contribution < 1.29 is 22.7 Å². The van der Waals surface area contributed by atoms with Gasteiger partial charge in [0.25, 0.3) is 5.91 Å². The number of pyridine rings is 1. The molecule has 10 heteroatoms. The lowest BCUT2D eigenvalue weighted by Gasteiger charge is -2.26. The van der Waals surface area contributed by atoms with Gasteiger partial charge in [-0.1, -0.05) is 6.07 Å². The van der Waals surface area contributed by atoms with Gasteiger partial charge in [0.2, 0.25) is 10.0 Å². The maximum Gasteiger partial charge on any atom is 0.275 e. The molecule has 1 fully saturated rings. The van der Waals surface area contributed by atoms with Crippen LogP contribution in [0.1, 0.15) is 10.5 Å². The van der Waals surface area contributed by atoms with Crippen LogP contribution in [0.25, 0.3) is 5.65 Å². The lowest BCUT2D eigenvalue weighted by molar-refractivity contribution is 0.0729. The molecule has 2 aromatic heterocycles. The molecule has 0 unspecified atom stereocenters. The van der Waals surface area contributed by atoms with Gasteiger partial charge in [0.1, 0.15) is 22.0 Å². The Morgan fingerprint density at radius 2 is 2.00 bits per heavy atom. The normalized spacial score (nSPS) is 15.3. The molecule has 152 valence electrons. The number of benzene rings is 1. The third-order valence-electron chi connectivity index (χ3n) is 4.61. The minimum absolute atomic E-state index is 0.00491. The highest BCUT2D eigenvalue weighted by atomic mass is 32.2. The van der Waals surface area contributed by atoms with Gasteiger partial charge in [0, 0.05) is 31.2 Å². The number of imidazole rings is 1. The van der Waals surface area contributed by atoms with Crippen molar-refractivity contribution >= 4 is 27.3 Å². The quantitative estimate of drug-likeness (QED) is 0.678. The smallest absolute Gasteiger partial charge is 0.275 e. The highest BCUT2D eigenvalue weighted by Crippen LogP contribution is 2.30. The second-order valence-electron chi connectivity index (χ2n) is 6.43. The minimum Gasteiger partial charge on any atom is -0.495 e. The van der Waals surface area contributed by atoms with E-state index >= 15 is 0 Å². The number of morpholine rings is 1. The second kappa shape index (κ2) is 7.82. The van der Waals surface area contributed by atoms with Gasteiger partial charge >= 0.3 is 0 Å². The minimum atomic E-state index is -3.79. The van der Waals surface area contributed by atoms with E-state index in [-0.39, 0.29) is 29.4 Å². The molecule has 29 heavy (non-hydrogen) atoms. The Balaban J connectivity index is 1.63. The Kier molecular flexibility index (Phi) is 5.22. The molecular formula is C19H20N4O5S. The Bertz CT molecular complexity index is 1120. The summed E-state index contributed by atoms with van der Waals surface area (Å²) in [5.41, 5.74) is 1.20. The molecule has 3 heterocycles. The first-order chi connectivity index (χ1) is 14.0. The third kappa shape index (κ3) is 3.82. The van der Waals surface area contributed by atoms with Gasteiger partial charge in [0.05, 0.1) is 20.3 Å². The number of methoxy groups -OCH3 is 1. The fraction of sp³-hybridized carbons (Fsp3) is 0.263. The first-order valence-electron chi connectivity index (χ1n) is 9.00. The number of fused-ring (bicyclic) bond motifs is 1. The molecule has 1 aliphatic heterocycles. The van der Waals surface area contributed by atoms with Crippen molar-refractivity contribution in [3.8, 4) is 5.75 Å². The van der Waals surface area contributed by atoms with E-state index in [1.807, 2.05) is 12.1 Å². The summed E-state index contributed by atoms with van der Waals surface area (Å²) < 4.78 is 39.7. The van der Waals surface area contributed by atoms with Crippen molar-refractivity contribution in [2.24, 2.45) is 0 Å². The maximum atomic E-state index is 13.1. The van der Waals surface area contributed by atoms with Gasteiger partial charge in [0.15, 0.2) is 0 Å². The molecule has 0 atom stereocenters. The zero-order valence-corrected chi connectivity index (χ0v) is 16.6. The number of anilines is 1. The van der Waals surface area contributed by atoms with Crippen molar-refractivity contribution in [2.75, 3.05) is 38.7 Å². The van der Waals surface area contributed by atoms with Gasteiger partial charge in [-0.3, -0.25) is 4.79 Å². The molecule has 0 aliphatic carbocycles. The fourth-order valence-electron chi connectivity index (χ4n) is 3.12. The predicted molar refractivity (Wildman–Crippen MR) is 106 cm³/mol. The van der Waals surface area contributed by atoms with Crippen LogP contribution in [0, 0.1) is 0 Å². The molecule has 0 spiro atoms. The van der Waals surface area contributed by atoms with Crippen LogP contribution in [0.5, 0.6) is 5.75 Å². The maximum absolute atomic E-state index is 13.1. The number of nitrogens with one attached hydrogen (secondary N) is 1. The Hall–Kier alpha value is -2.95. The third-order valence-corrected chi connectivity index (χ3v) is 6.53. The van der Waals surface area contributed by atoms with Crippen LogP contribution in [-0.2, 0) is 14.8 Å². The van der Waals surface area contributed by atoms with Crippen molar-refractivity contribution in [1.29, 1.82) is 0 Å². The number of amides is 1. The highest BCUT2D eigenvalue weighted by Gasteiger charge is 2.29. The molecule has 3 aromatic rings. The number of hydrogen-bond donors (Lipinski definition) is 1. The topological polar surface area (TPSA) is 102 Å². The van der Waals surface area contributed by atoms with Crippen molar-refractivity contribution in [3.05, 3.63) is 54.5 Å². The van der Waals surface area contributed by atoms with E-state index in [0.717, 1.165) is 0 Å². The summed E-state index contributed by atoms with van der Waals surface area (Å²) in [6, 6.07) is 9.96. The number of nitrogens with zero attached hydrogens (tertiary/aromatic N) is 3. The van der Waals surface area contributed by atoms with Crippen LogP contribution >= 0.6 is 0 Å². The van der Waals surface area contributed by atoms with E-state index in [9.17, 15) is 13.2 Å². The highest BCUT2D eigenvalue weighted by molar-refractivity contribution is 7.89. The Morgan fingerprint density at radius 3 is 2.72 bits per heavy atom. The average Bonchev–Trinajstić information content (AvgIpc) is 3.19. The van der Waals surface area contributed by atoms with Crippen LogP contribution in [0.15, 0.2) is 53.7 Å². The molecule has 1 aromatic carbocycles. The van der Waals surface area contributed by atoms with Crippen LogP contribution in [0.2, 0.25) is 0 Å². The number of sulfonamides is 1. The van der Waals surface area contributed by atoms with E-state index in [4.69, 9.17) is 9.47 Å². The molecule has 1 amide bonds. The number of ether oxygens (including phenoxy) is 2. The van der Waals surface area contributed by atoms with Crippen molar-refractivity contribution in [3.63, 3.8) is 0 Å². The molecule has 0 bridgehead atoms. The first-order valence-corrected chi connectivity index (χ1v) is 10.4. The van der Waals surface area contributed by atoms with Gasteiger partial charge < -0.3 is 19.2 Å². The summed E-state index contributed by atoms with van der Waals surface area (Å²) in [5.74, 6) is -0.226. The number of carbonyl (C=O) groups is 1. The SMILES string of the molecule is COc1ccc(NC(=O)c2cn3ccccc3n2)cc1S(=O)(=O)N1CCOCC1. The van der Waals surface area contributed by atoms with E-state index < -0.39 is 15.9 Å². The fourth-order valence-corrected chi connectivity index (χ4v) is 4.71. The lowest BCUT2D eigenvalue weighted by atomic mass is 10.3. The molecule has 1 saturated heterocycles. The monoisotopic (exact) mass is 416 g/mol. The van der Waals surface area contributed by atoms with Crippen LogP contribution in [0.3, 0.4) is 0 Å².